The highest BCUT2D eigenvalue weighted by atomic mass is 16.5. The summed E-state index contributed by atoms with van der Waals surface area (Å²) in [6, 6.07) is 14.1. The fourth-order valence-corrected chi connectivity index (χ4v) is 4.19. The molecule has 0 aliphatic carbocycles. The first-order chi connectivity index (χ1) is 14.6. The normalized spacial score (nSPS) is 14.8. The van der Waals surface area contributed by atoms with Crippen LogP contribution < -0.4 is 20.0 Å². The summed E-state index contributed by atoms with van der Waals surface area (Å²) in [5.74, 6) is 1.26. The van der Waals surface area contributed by atoms with Crippen molar-refractivity contribution < 1.29 is 13.9 Å². The SMILES string of the molecule is COc1cc(OC)c2c(C)c(CCN3CCN(c4ccccc4)CC3)c(=O)oc2c1. The van der Waals surface area contributed by atoms with Crippen molar-refractivity contribution >= 4 is 16.7 Å². The van der Waals surface area contributed by atoms with Gasteiger partial charge in [0.25, 0.3) is 0 Å². The first kappa shape index (κ1) is 20.3. The van der Waals surface area contributed by atoms with Crippen LogP contribution in [0.5, 0.6) is 11.5 Å². The van der Waals surface area contributed by atoms with E-state index in [0.29, 0.717) is 23.5 Å². The van der Waals surface area contributed by atoms with E-state index in [-0.39, 0.29) is 5.63 Å². The predicted octanol–water partition coefficient (Wildman–Crippen LogP) is 3.48. The van der Waals surface area contributed by atoms with E-state index in [2.05, 4.69) is 34.1 Å². The van der Waals surface area contributed by atoms with E-state index < -0.39 is 0 Å². The molecule has 0 amide bonds. The molecule has 0 spiro atoms. The zero-order valence-corrected chi connectivity index (χ0v) is 17.8. The molecule has 30 heavy (non-hydrogen) atoms. The van der Waals surface area contributed by atoms with E-state index in [0.717, 1.165) is 49.2 Å². The van der Waals surface area contributed by atoms with E-state index in [4.69, 9.17) is 13.9 Å². The van der Waals surface area contributed by atoms with Crippen molar-refractivity contribution in [2.45, 2.75) is 13.3 Å². The predicted molar refractivity (Wildman–Crippen MR) is 119 cm³/mol. The molecule has 4 rings (SSSR count). The average Bonchev–Trinajstić information content (AvgIpc) is 2.79. The van der Waals surface area contributed by atoms with Gasteiger partial charge in [-0.15, -0.1) is 0 Å². The number of para-hydroxylation sites is 1. The van der Waals surface area contributed by atoms with Crippen molar-refractivity contribution in [2.75, 3.05) is 51.8 Å². The molecule has 1 aliphatic heterocycles. The number of aryl methyl sites for hydroxylation is 1. The van der Waals surface area contributed by atoms with E-state index in [1.807, 2.05) is 19.1 Å². The Hall–Kier alpha value is -2.99. The molecule has 0 unspecified atom stereocenters. The summed E-state index contributed by atoms with van der Waals surface area (Å²) in [5.41, 5.74) is 3.12. The minimum atomic E-state index is -0.279. The van der Waals surface area contributed by atoms with Crippen LogP contribution in [0, 0.1) is 6.92 Å². The van der Waals surface area contributed by atoms with Crippen LogP contribution in [-0.4, -0.2) is 51.8 Å². The number of nitrogens with zero attached hydrogens (tertiary/aromatic N) is 2. The van der Waals surface area contributed by atoms with Crippen LogP contribution in [-0.2, 0) is 6.42 Å². The Bertz CT molecular complexity index is 1070. The number of anilines is 1. The molecule has 2 heterocycles. The smallest absolute Gasteiger partial charge is 0.339 e. The number of hydrogen-bond donors (Lipinski definition) is 0. The molecule has 3 aromatic rings. The molecule has 1 aromatic heterocycles. The molecule has 0 radical (unpaired) electrons. The van der Waals surface area contributed by atoms with Gasteiger partial charge in [0.1, 0.15) is 17.1 Å². The topological polar surface area (TPSA) is 55.2 Å². The van der Waals surface area contributed by atoms with Crippen molar-refractivity contribution in [3.8, 4) is 11.5 Å². The maximum atomic E-state index is 12.7. The highest BCUT2D eigenvalue weighted by Crippen LogP contribution is 2.33. The lowest BCUT2D eigenvalue weighted by atomic mass is 10.0. The Morgan fingerprint density at radius 2 is 1.73 bits per heavy atom. The number of rotatable bonds is 6. The third kappa shape index (κ3) is 4.00. The highest BCUT2D eigenvalue weighted by Gasteiger charge is 2.20. The van der Waals surface area contributed by atoms with Crippen molar-refractivity contribution in [3.05, 3.63) is 64.0 Å². The van der Waals surface area contributed by atoms with Gasteiger partial charge in [-0.2, -0.15) is 0 Å². The molecule has 0 N–H and O–H groups in total. The highest BCUT2D eigenvalue weighted by molar-refractivity contribution is 5.89. The van der Waals surface area contributed by atoms with Crippen LogP contribution in [0.25, 0.3) is 11.0 Å². The molecule has 158 valence electrons. The fraction of sp³-hybridized carbons (Fsp3) is 0.375. The number of methoxy groups -OCH3 is 2. The summed E-state index contributed by atoms with van der Waals surface area (Å²) >= 11 is 0. The molecule has 1 fully saturated rings. The first-order valence-electron chi connectivity index (χ1n) is 10.3. The van der Waals surface area contributed by atoms with Crippen molar-refractivity contribution in [3.63, 3.8) is 0 Å². The summed E-state index contributed by atoms with van der Waals surface area (Å²) < 4.78 is 16.5. The van der Waals surface area contributed by atoms with Gasteiger partial charge in [0, 0.05) is 56.1 Å². The summed E-state index contributed by atoms with van der Waals surface area (Å²) in [7, 11) is 3.20. The maximum Gasteiger partial charge on any atom is 0.339 e. The quantitative estimate of drug-likeness (QED) is 0.582. The van der Waals surface area contributed by atoms with Gasteiger partial charge >= 0.3 is 5.63 Å². The Kier molecular flexibility index (Phi) is 5.95. The number of hydrogen-bond acceptors (Lipinski definition) is 6. The molecule has 6 heteroatoms. The van der Waals surface area contributed by atoms with Crippen molar-refractivity contribution in [1.29, 1.82) is 0 Å². The Morgan fingerprint density at radius 1 is 1.00 bits per heavy atom. The van der Waals surface area contributed by atoms with Gasteiger partial charge in [-0.3, -0.25) is 4.90 Å². The minimum absolute atomic E-state index is 0.279. The van der Waals surface area contributed by atoms with Crippen LogP contribution in [0.2, 0.25) is 0 Å². The van der Waals surface area contributed by atoms with E-state index >= 15 is 0 Å². The zero-order valence-electron chi connectivity index (χ0n) is 17.8. The van der Waals surface area contributed by atoms with Crippen LogP contribution in [0.1, 0.15) is 11.1 Å². The second kappa shape index (κ2) is 8.79. The molecule has 1 aliphatic rings. The maximum absolute atomic E-state index is 12.7. The molecule has 1 saturated heterocycles. The van der Waals surface area contributed by atoms with Gasteiger partial charge in [-0.1, -0.05) is 18.2 Å². The molecule has 0 saturated carbocycles. The van der Waals surface area contributed by atoms with Crippen molar-refractivity contribution in [2.24, 2.45) is 0 Å². The Balaban J connectivity index is 1.49. The molecule has 2 aromatic carbocycles. The fourth-order valence-electron chi connectivity index (χ4n) is 4.19. The summed E-state index contributed by atoms with van der Waals surface area (Å²) in [6.45, 7) is 6.74. The van der Waals surface area contributed by atoms with Gasteiger partial charge in [0.2, 0.25) is 0 Å². The second-order valence-corrected chi connectivity index (χ2v) is 7.61. The summed E-state index contributed by atoms with van der Waals surface area (Å²) in [5, 5.41) is 0.835. The molecule has 6 nitrogen and oxygen atoms in total. The van der Waals surface area contributed by atoms with Gasteiger partial charge in [-0.25, -0.2) is 4.79 Å². The summed E-state index contributed by atoms with van der Waals surface area (Å²) in [6.07, 6.45) is 0.657. The lowest BCUT2D eigenvalue weighted by molar-refractivity contribution is 0.260. The Labute approximate surface area is 176 Å². The van der Waals surface area contributed by atoms with Crippen LogP contribution in [0.3, 0.4) is 0 Å². The van der Waals surface area contributed by atoms with Gasteiger partial charge in [0.05, 0.1) is 19.6 Å². The third-order valence-electron chi connectivity index (χ3n) is 5.94. The minimum Gasteiger partial charge on any atom is -0.496 e. The van der Waals surface area contributed by atoms with Crippen LogP contribution in [0.15, 0.2) is 51.7 Å². The number of piperazine rings is 1. The van der Waals surface area contributed by atoms with Crippen LogP contribution in [0.4, 0.5) is 5.69 Å². The van der Waals surface area contributed by atoms with Crippen molar-refractivity contribution in [1.82, 2.24) is 4.90 Å². The second-order valence-electron chi connectivity index (χ2n) is 7.61. The van der Waals surface area contributed by atoms with Gasteiger partial charge in [0.15, 0.2) is 0 Å². The first-order valence-corrected chi connectivity index (χ1v) is 10.3. The lowest BCUT2D eigenvalue weighted by Gasteiger charge is -2.36. The van der Waals surface area contributed by atoms with E-state index in [1.165, 1.54) is 5.69 Å². The molecular weight excluding hydrogens is 380 g/mol. The number of fused-ring (bicyclic) bond motifs is 1. The molecular formula is C24H28N2O4. The van der Waals surface area contributed by atoms with E-state index in [1.54, 1.807) is 20.3 Å². The molecule has 0 bridgehead atoms. The standard InChI is InChI=1S/C24H28N2O4/c1-17-20(24(27)30-22-16-19(28-2)15-21(29-3)23(17)22)9-10-25-11-13-26(14-12-25)18-7-5-4-6-8-18/h4-8,15-16H,9-14H2,1-3H3. The monoisotopic (exact) mass is 408 g/mol. The average molecular weight is 408 g/mol. The lowest BCUT2D eigenvalue weighted by Crippen LogP contribution is -2.47. The summed E-state index contributed by atoms with van der Waals surface area (Å²) in [4.78, 5) is 17.5. The number of benzene rings is 2. The number of ether oxygens (including phenoxy) is 2. The van der Waals surface area contributed by atoms with E-state index in [9.17, 15) is 4.79 Å². The Morgan fingerprint density at radius 3 is 2.40 bits per heavy atom. The molecule has 0 atom stereocenters. The van der Waals surface area contributed by atoms with Crippen LogP contribution >= 0.6 is 0 Å². The largest absolute Gasteiger partial charge is 0.496 e. The third-order valence-corrected chi connectivity index (χ3v) is 5.94. The van der Waals surface area contributed by atoms with Gasteiger partial charge in [-0.05, 0) is 31.0 Å². The van der Waals surface area contributed by atoms with Gasteiger partial charge < -0.3 is 18.8 Å². The zero-order chi connectivity index (χ0) is 21.1.